The Labute approximate surface area is 133 Å². The number of carbonyl (C=O) groups excluding carboxylic acids is 2. The largest absolute Gasteiger partial charge is 0.478 e. The van der Waals surface area contributed by atoms with Gasteiger partial charge in [-0.25, -0.2) is 14.5 Å². The lowest BCUT2D eigenvalue weighted by molar-refractivity contribution is -0.115. The predicted molar refractivity (Wildman–Crippen MR) is 88.2 cm³/mol. The number of hydrogen-bond acceptors (Lipinski definition) is 3. The second kappa shape index (κ2) is 5.60. The van der Waals surface area contributed by atoms with Crippen molar-refractivity contribution in [2.45, 2.75) is 0 Å². The molecule has 0 unspecified atom stereocenters. The van der Waals surface area contributed by atoms with Crippen LogP contribution in [0.1, 0.15) is 10.4 Å². The molecular weight excluding hydrogens is 295 g/mol. The summed E-state index contributed by atoms with van der Waals surface area (Å²) in [4.78, 5) is 38.3. The summed E-state index contributed by atoms with van der Waals surface area (Å²) in [6.07, 6.45) is 0. The van der Waals surface area contributed by atoms with Crippen molar-refractivity contribution in [1.29, 1.82) is 0 Å². The van der Waals surface area contributed by atoms with Gasteiger partial charge in [-0.3, -0.25) is 9.69 Å². The molecular formula is C16H13BN2O4. The number of nitrogens with zero attached hydrogens (tertiary/aromatic N) is 2. The molecule has 1 aliphatic heterocycles. The number of carboxylic acids is 1. The summed E-state index contributed by atoms with van der Waals surface area (Å²) >= 11 is 0. The van der Waals surface area contributed by atoms with Crippen LogP contribution in [0, 0.1) is 0 Å². The first-order valence-electron chi connectivity index (χ1n) is 7.02. The second-order valence-corrected chi connectivity index (χ2v) is 5.29. The molecule has 1 aliphatic rings. The predicted octanol–water partition coefficient (Wildman–Crippen LogP) is 0.616. The molecule has 3 rings (SSSR count). The van der Waals surface area contributed by atoms with E-state index in [9.17, 15) is 14.4 Å². The molecule has 0 aromatic heterocycles. The number of rotatable bonds is 3. The maximum Gasteiger partial charge on any atom is 0.336 e. The Hall–Kier alpha value is -3.09. The number of carboxylic acid groups (broad SMARTS) is 1. The highest BCUT2D eigenvalue weighted by Gasteiger charge is 2.38. The van der Waals surface area contributed by atoms with Crippen molar-refractivity contribution in [3.05, 3.63) is 54.1 Å². The van der Waals surface area contributed by atoms with Crippen LogP contribution in [0.25, 0.3) is 0 Å². The summed E-state index contributed by atoms with van der Waals surface area (Å²) in [6.45, 7) is -0.0699. The van der Waals surface area contributed by atoms with Crippen molar-refractivity contribution in [3.63, 3.8) is 0 Å². The van der Waals surface area contributed by atoms with Crippen LogP contribution in [-0.2, 0) is 4.79 Å². The van der Waals surface area contributed by atoms with Gasteiger partial charge in [0.05, 0.1) is 11.3 Å². The maximum atomic E-state index is 12.6. The van der Waals surface area contributed by atoms with E-state index in [1.807, 2.05) is 26.0 Å². The molecule has 0 radical (unpaired) electrons. The molecule has 1 N–H and O–H groups in total. The first kappa shape index (κ1) is 14.8. The van der Waals surface area contributed by atoms with E-state index in [0.717, 1.165) is 10.4 Å². The zero-order chi connectivity index (χ0) is 16.6. The summed E-state index contributed by atoms with van der Waals surface area (Å²) in [5.41, 5.74) is 1.90. The van der Waals surface area contributed by atoms with Crippen molar-refractivity contribution < 1.29 is 19.5 Å². The lowest BCUT2D eigenvalue weighted by atomic mass is 9.96. The average Bonchev–Trinajstić information content (AvgIpc) is 2.82. The molecule has 6 nitrogen and oxygen atoms in total. The van der Waals surface area contributed by atoms with Crippen molar-refractivity contribution >= 4 is 42.6 Å². The third kappa shape index (κ3) is 2.68. The number of anilines is 2. The van der Waals surface area contributed by atoms with E-state index in [1.54, 1.807) is 12.1 Å². The van der Waals surface area contributed by atoms with Crippen molar-refractivity contribution in [2.75, 3.05) is 16.3 Å². The number of hydrogen-bond donors (Lipinski definition) is 1. The summed E-state index contributed by atoms with van der Waals surface area (Å²) < 4.78 is 0. The van der Waals surface area contributed by atoms with Gasteiger partial charge in [0.2, 0.25) is 0 Å². The summed E-state index contributed by atoms with van der Waals surface area (Å²) in [6, 6.07) is 12.6. The van der Waals surface area contributed by atoms with E-state index in [4.69, 9.17) is 5.11 Å². The molecule has 0 saturated carbocycles. The van der Waals surface area contributed by atoms with E-state index in [-0.39, 0.29) is 23.7 Å². The molecule has 0 spiro atoms. The zero-order valence-electron chi connectivity index (χ0n) is 12.4. The standard InChI is InChI=1S/C16H13BN2O4/c17-11-4-2-5-12(8-11)18-9-14(20)19(16(18)23)13-6-1-3-10(7-13)15(21)22/h1-8H,9,17H2,(H,21,22). The Morgan fingerprint density at radius 2 is 1.74 bits per heavy atom. The molecule has 2 aromatic rings. The average molecular weight is 308 g/mol. The maximum absolute atomic E-state index is 12.6. The Balaban J connectivity index is 1.96. The smallest absolute Gasteiger partial charge is 0.336 e. The fraction of sp³-hybridized carbons (Fsp3) is 0.0625. The van der Waals surface area contributed by atoms with Crippen LogP contribution in [0.3, 0.4) is 0 Å². The van der Waals surface area contributed by atoms with E-state index in [2.05, 4.69) is 0 Å². The van der Waals surface area contributed by atoms with Gasteiger partial charge < -0.3 is 5.11 Å². The molecule has 1 saturated heterocycles. The zero-order valence-corrected chi connectivity index (χ0v) is 12.4. The third-order valence-corrected chi connectivity index (χ3v) is 3.63. The minimum Gasteiger partial charge on any atom is -0.478 e. The van der Waals surface area contributed by atoms with Gasteiger partial charge in [-0.05, 0) is 30.3 Å². The monoisotopic (exact) mass is 308 g/mol. The number of urea groups is 1. The van der Waals surface area contributed by atoms with Gasteiger partial charge in [0, 0.05) is 5.69 Å². The molecule has 0 bridgehead atoms. The number of aromatic carboxylic acids is 1. The SMILES string of the molecule is Bc1cccc(N2CC(=O)N(c3cccc(C(=O)O)c3)C2=O)c1. The summed E-state index contributed by atoms with van der Waals surface area (Å²) in [7, 11) is 1.90. The topological polar surface area (TPSA) is 77.9 Å². The first-order chi connectivity index (χ1) is 11.0. The molecule has 7 heteroatoms. The Morgan fingerprint density at radius 3 is 2.43 bits per heavy atom. The van der Waals surface area contributed by atoms with Gasteiger partial charge in [-0.2, -0.15) is 0 Å². The van der Waals surface area contributed by atoms with Crippen molar-refractivity contribution in [3.8, 4) is 0 Å². The van der Waals surface area contributed by atoms with E-state index in [1.165, 1.54) is 23.1 Å². The quantitative estimate of drug-likeness (QED) is 0.666. The van der Waals surface area contributed by atoms with Gasteiger partial charge in [0.25, 0.3) is 5.91 Å². The molecule has 1 fully saturated rings. The van der Waals surface area contributed by atoms with E-state index < -0.39 is 12.0 Å². The first-order valence-corrected chi connectivity index (χ1v) is 7.02. The second-order valence-electron chi connectivity index (χ2n) is 5.29. The molecule has 1 heterocycles. The summed E-state index contributed by atoms with van der Waals surface area (Å²) in [5.74, 6) is -1.50. The van der Waals surface area contributed by atoms with E-state index in [0.29, 0.717) is 5.69 Å². The number of imide groups is 1. The number of amides is 3. The number of carbonyl (C=O) groups is 3. The molecule has 0 atom stereocenters. The van der Waals surface area contributed by atoms with Crippen LogP contribution in [0.4, 0.5) is 16.2 Å². The van der Waals surface area contributed by atoms with Crippen LogP contribution in [0.15, 0.2) is 48.5 Å². The van der Waals surface area contributed by atoms with Crippen molar-refractivity contribution in [2.24, 2.45) is 0 Å². The Bertz CT molecular complexity index is 821. The highest BCUT2D eigenvalue weighted by molar-refractivity contribution is 6.33. The Morgan fingerprint density at radius 1 is 1.04 bits per heavy atom. The highest BCUT2D eigenvalue weighted by Crippen LogP contribution is 2.26. The highest BCUT2D eigenvalue weighted by atomic mass is 16.4. The summed E-state index contributed by atoms with van der Waals surface area (Å²) in [5, 5.41) is 9.05. The van der Waals surface area contributed by atoms with Gasteiger partial charge in [0.15, 0.2) is 0 Å². The minimum atomic E-state index is -1.11. The van der Waals surface area contributed by atoms with Gasteiger partial charge >= 0.3 is 12.0 Å². The van der Waals surface area contributed by atoms with Crippen molar-refractivity contribution in [1.82, 2.24) is 0 Å². The molecule has 0 aliphatic carbocycles. The van der Waals surface area contributed by atoms with Crippen LogP contribution >= 0.6 is 0 Å². The van der Waals surface area contributed by atoms with Crippen LogP contribution in [-0.4, -0.2) is 37.4 Å². The molecule has 114 valence electrons. The third-order valence-electron chi connectivity index (χ3n) is 3.63. The molecule has 23 heavy (non-hydrogen) atoms. The minimum absolute atomic E-state index is 0.0251. The van der Waals surface area contributed by atoms with Crippen LogP contribution in [0.2, 0.25) is 0 Å². The van der Waals surface area contributed by atoms with Crippen LogP contribution in [0.5, 0.6) is 0 Å². The normalized spacial score (nSPS) is 14.4. The fourth-order valence-corrected chi connectivity index (χ4v) is 2.53. The van der Waals surface area contributed by atoms with Gasteiger partial charge in [-0.1, -0.05) is 23.7 Å². The number of benzene rings is 2. The Kier molecular flexibility index (Phi) is 3.61. The van der Waals surface area contributed by atoms with E-state index >= 15 is 0 Å². The molecule has 2 aromatic carbocycles. The molecule has 3 amide bonds. The van der Waals surface area contributed by atoms with Crippen LogP contribution < -0.4 is 15.3 Å². The van der Waals surface area contributed by atoms with Gasteiger partial charge in [-0.15, -0.1) is 0 Å². The van der Waals surface area contributed by atoms with Gasteiger partial charge in [0.1, 0.15) is 14.4 Å². The fourth-order valence-electron chi connectivity index (χ4n) is 2.53. The lowest BCUT2D eigenvalue weighted by Gasteiger charge is -2.17. The lowest BCUT2D eigenvalue weighted by Crippen LogP contribution is -2.33.